The number of ketones is 1. The molecule has 0 saturated heterocycles. The molecule has 0 saturated carbocycles. The lowest BCUT2D eigenvalue weighted by Crippen LogP contribution is -2.07. The molecular weight excluding hydrogens is 322 g/mol. The number of benzene rings is 2. The van der Waals surface area contributed by atoms with Crippen LogP contribution in [0.2, 0.25) is 0 Å². The summed E-state index contributed by atoms with van der Waals surface area (Å²) in [7, 11) is 1.34. The van der Waals surface area contributed by atoms with Gasteiger partial charge in [-0.3, -0.25) is 4.79 Å². The van der Waals surface area contributed by atoms with Crippen molar-refractivity contribution in [2.45, 2.75) is 6.92 Å². The van der Waals surface area contributed by atoms with Gasteiger partial charge in [-0.25, -0.2) is 4.79 Å². The van der Waals surface area contributed by atoms with Gasteiger partial charge in [0.05, 0.1) is 24.5 Å². The third-order valence-electron chi connectivity index (χ3n) is 3.31. The highest BCUT2D eigenvalue weighted by atomic mass is 16.6. The zero-order chi connectivity index (χ0) is 18.1. The van der Waals surface area contributed by atoms with Gasteiger partial charge in [-0.2, -0.15) is 0 Å². The summed E-state index contributed by atoms with van der Waals surface area (Å²) in [6.45, 7) is 2.00. The van der Waals surface area contributed by atoms with Crippen molar-refractivity contribution in [2.75, 3.05) is 20.3 Å². The summed E-state index contributed by atoms with van der Waals surface area (Å²) in [5, 5.41) is 3.84. The Labute approximate surface area is 146 Å². The number of carbonyl (C=O) groups excluding carboxylic acids is 2. The van der Waals surface area contributed by atoms with Crippen LogP contribution in [0, 0.1) is 0 Å². The van der Waals surface area contributed by atoms with Gasteiger partial charge < -0.3 is 14.3 Å². The zero-order valence-electron chi connectivity index (χ0n) is 14.1. The van der Waals surface area contributed by atoms with E-state index in [2.05, 4.69) is 9.89 Å². The van der Waals surface area contributed by atoms with Crippen molar-refractivity contribution in [3.63, 3.8) is 0 Å². The molecule has 0 N–H and O–H groups in total. The first kappa shape index (κ1) is 18.2. The van der Waals surface area contributed by atoms with Crippen molar-refractivity contribution in [1.29, 1.82) is 0 Å². The molecule has 0 spiro atoms. The van der Waals surface area contributed by atoms with E-state index in [4.69, 9.17) is 9.57 Å². The third kappa shape index (κ3) is 5.46. The number of rotatable bonds is 8. The summed E-state index contributed by atoms with van der Waals surface area (Å²) >= 11 is 0. The molecule has 0 fully saturated rings. The number of oxime groups is 1. The van der Waals surface area contributed by atoms with Gasteiger partial charge in [-0.1, -0.05) is 29.4 Å². The molecule has 0 bridgehead atoms. The van der Waals surface area contributed by atoms with Crippen LogP contribution in [0.3, 0.4) is 0 Å². The number of ether oxygens (including phenoxy) is 2. The van der Waals surface area contributed by atoms with E-state index in [1.807, 2.05) is 0 Å². The third-order valence-corrected chi connectivity index (χ3v) is 3.31. The van der Waals surface area contributed by atoms with Crippen molar-refractivity contribution >= 4 is 18.0 Å². The van der Waals surface area contributed by atoms with Crippen LogP contribution in [0.5, 0.6) is 5.75 Å². The first-order chi connectivity index (χ1) is 12.1. The molecule has 0 atom stereocenters. The molecule has 0 radical (unpaired) electrons. The molecule has 6 nitrogen and oxygen atoms in total. The molecular formula is C19H19NO5. The second-order valence-corrected chi connectivity index (χ2v) is 5.08. The fourth-order valence-corrected chi connectivity index (χ4v) is 2.05. The maximum absolute atomic E-state index is 11.5. The van der Waals surface area contributed by atoms with Gasteiger partial charge in [0.2, 0.25) is 0 Å². The molecule has 2 aromatic carbocycles. The monoisotopic (exact) mass is 341 g/mol. The molecule has 0 amide bonds. The fourth-order valence-electron chi connectivity index (χ4n) is 2.05. The summed E-state index contributed by atoms with van der Waals surface area (Å²) in [6.07, 6.45) is 1.53. The summed E-state index contributed by atoms with van der Waals surface area (Å²) in [4.78, 5) is 27.9. The van der Waals surface area contributed by atoms with Gasteiger partial charge in [0, 0.05) is 0 Å². The molecule has 6 heteroatoms. The topological polar surface area (TPSA) is 74.2 Å². The van der Waals surface area contributed by atoms with Crippen LogP contribution < -0.4 is 4.74 Å². The van der Waals surface area contributed by atoms with Crippen LogP contribution in [-0.2, 0) is 9.57 Å². The highest BCUT2D eigenvalue weighted by Crippen LogP contribution is 2.18. The average Bonchev–Trinajstić information content (AvgIpc) is 2.64. The Kier molecular flexibility index (Phi) is 6.71. The number of para-hydroxylation sites is 1. The summed E-state index contributed by atoms with van der Waals surface area (Å²) in [5.41, 5.74) is 1.80. The van der Waals surface area contributed by atoms with Gasteiger partial charge in [0.25, 0.3) is 0 Å². The van der Waals surface area contributed by atoms with Crippen molar-refractivity contribution in [1.82, 2.24) is 0 Å². The number of nitrogens with zero attached hydrogens (tertiary/aromatic N) is 1. The lowest BCUT2D eigenvalue weighted by molar-refractivity contribution is 0.0600. The quantitative estimate of drug-likeness (QED) is 0.242. The zero-order valence-corrected chi connectivity index (χ0v) is 14.1. The Morgan fingerprint density at radius 1 is 1.04 bits per heavy atom. The van der Waals surface area contributed by atoms with E-state index in [-0.39, 0.29) is 25.0 Å². The number of hydrogen-bond acceptors (Lipinski definition) is 6. The number of Topliss-reactive ketones (excluding diaryl/α,β-unsaturated/α-hetero) is 1. The SMILES string of the molecule is COC(=O)c1ccc(C=NOCCOc2ccccc2C(C)=O)cc1. The van der Waals surface area contributed by atoms with Gasteiger partial charge in [0.15, 0.2) is 12.4 Å². The van der Waals surface area contributed by atoms with Crippen LogP contribution in [0.1, 0.15) is 33.2 Å². The van der Waals surface area contributed by atoms with E-state index >= 15 is 0 Å². The Bertz CT molecular complexity index is 753. The first-order valence-electron chi connectivity index (χ1n) is 7.68. The van der Waals surface area contributed by atoms with Crippen molar-refractivity contribution < 1.29 is 23.9 Å². The molecule has 25 heavy (non-hydrogen) atoms. The highest BCUT2D eigenvalue weighted by Gasteiger charge is 2.07. The molecule has 0 aliphatic carbocycles. The Hall–Kier alpha value is -3.15. The largest absolute Gasteiger partial charge is 0.489 e. The highest BCUT2D eigenvalue weighted by molar-refractivity contribution is 5.96. The maximum Gasteiger partial charge on any atom is 0.337 e. The van der Waals surface area contributed by atoms with Crippen molar-refractivity contribution in [3.8, 4) is 5.75 Å². The molecule has 0 unspecified atom stereocenters. The lowest BCUT2D eigenvalue weighted by Gasteiger charge is -2.08. The second-order valence-electron chi connectivity index (χ2n) is 5.08. The van der Waals surface area contributed by atoms with E-state index in [0.717, 1.165) is 5.56 Å². The normalized spacial score (nSPS) is 10.5. The van der Waals surface area contributed by atoms with Crippen LogP contribution in [0.25, 0.3) is 0 Å². The lowest BCUT2D eigenvalue weighted by atomic mass is 10.1. The van der Waals surface area contributed by atoms with Crippen LogP contribution in [0.15, 0.2) is 53.7 Å². The number of methoxy groups -OCH3 is 1. The van der Waals surface area contributed by atoms with E-state index in [1.54, 1.807) is 48.5 Å². The molecule has 0 aromatic heterocycles. The maximum atomic E-state index is 11.5. The minimum atomic E-state index is -0.386. The summed E-state index contributed by atoms with van der Waals surface area (Å²) in [5.74, 6) is 0.0913. The molecule has 0 aliphatic heterocycles. The van der Waals surface area contributed by atoms with E-state index in [9.17, 15) is 9.59 Å². The fraction of sp³-hybridized carbons (Fsp3) is 0.211. The predicted molar refractivity (Wildman–Crippen MR) is 93.3 cm³/mol. The smallest absolute Gasteiger partial charge is 0.337 e. The van der Waals surface area contributed by atoms with Crippen LogP contribution >= 0.6 is 0 Å². The molecule has 2 aromatic rings. The first-order valence-corrected chi connectivity index (χ1v) is 7.68. The van der Waals surface area contributed by atoms with Crippen molar-refractivity contribution in [3.05, 3.63) is 65.2 Å². The molecule has 0 heterocycles. The molecule has 2 rings (SSSR count). The standard InChI is InChI=1S/C19H19NO5/c1-14(21)17-5-3-4-6-18(17)24-11-12-25-20-13-15-7-9-16(10-8-15)19(22)23-2/h3-10,13H,11-12H2,1-2H3. The minimum absolute atomic E-state index is 0.0510. The molecule has 130 valence electrons. The van der Waals surface area contributed by atoms with Gasteiger partial charge >= 0.3 is 5.97 Å². The summed E-state index contributed by atoms with van der Waals surface area (Å²) in [6, 6.07) is 13.8. The number of hydrogen-bond donors (Lipinski definition) is 0. The summed E-state index contributed by atoms with van der Waals surface area (Å²) < 4.78 is 10.2. The number of carbonyl (C=O) groups is 2. The van der Waals surface area contributed by atoms with E-state index in [1.165, 1.54) is 20.2 Å². The van der Waals surface area contributed by atoms with Gasteiger partial charge in [-0.05, 0) is 36.8 Å². The Morgan fingerprint density at radius 3 is 2.44 bits per heavy atom. The second kappa shape index (κ2) is 9.22. The van der Waals surface area contributed by atoms with Crippen LogP contribution in [-0.4, -0.2) is 38.3 Å². The molecule has 0 aliphatic rings. The average molecular weight is 341 g/mol. The van der Waals surface area contributed by atoms with Crippen LogP contribution in [0.4, 0.5) is 0 Å². The Morgan fingerprint density at radius 2 is 1.76 bits per heavy atom. The Balaban J connectivity index is 1.77. The number of esters is 1. The van der Waals surface area contributed by atoms with Gasteiger partial charge in [0.1, 0.15) is 12.4 Å². The van der Waals surface area contributed by atoms with E-state index in [0.29, 0.717) is 16.9 Å². The van der Waals surface area contributed by atoms with Gasteiger partial charge in [-0.15, -0.1) is 0 Å². The predicted octanol–water partition coefficient (Wildman–Crippen LogP) is 3.11. The van der Waals surface area contributed by atoms with E-state index < -0.39 is 0 Å². The minimum Gasteiger partial charge on any atom is -0.489 e. The van der Waals surface area contributed by atoms with Crippen molar-refractivity contribution in [2.24, 2.45) is 5.16 Å².